The molecule has 2 fully saturated rings. The van der Waals surface area contributed by atoms with E-state index >= 15 is 0 Å². The van der Waals surface area contributed by atoms with Crippen molar-refractivity contribution in [3.8, 4) is 0 Å². The molecule has 2 aliphatic carbocycles. The number of benzene rings is 1. The Morgan fingerprint density at radius 3 is 2.82 bits per heavy atom. The van der Waals surface area contributed by atoms with Gasteiger partial charge in [0.05, 0.1) is 0 Å². The second-order valence-electron chi connectivity index (χ2n) is 5.76. The molecule has 0 heterocycles. The fraction of sp³-hybridized carbons (Fsp3) is 0.600. The number of aryl methyl sites for hydroxylation is 1. The summed E-state index contributed by atoms with van der Waals surface area (Å²) in [5, 5.41) is 0. The van der Waals surface area contributed by atoms with Gasteiger partial charge in [-0.05, 0) is 67.7 Å². The summed E-state index contributed by atoms with van der Waals surface area (Å²) in [6.45, 7) is 2.09. The third-order valence-electron chi connectivity index (χ3n) is 4.59. The topological polar surface area (TPSA) is 26.0 Å². The van der Waals surface area contributed by atoms with E-state index < -0.39 is 0 Å². The van der Waals surface area contributed by atoms with Crippen LogP contribution in [0.4, 0.5) is 5.69 Å². The lowest BCUT2D eigenvalue weighted by Crippen LogP contribution is -2.12. The smallest absolute Gasteiger partial charge is 0.0344 e. The van der Waals surface area contributed by atoms with Gasteiger partial charge in [0, 0.05) is 16.3 Å². The summed E-state index contributed by atoms with van der Waals surface area (Å²) in [6, 6.07) is 6.44. The summed E-state index contributed by atoms with van der Waals surface area (Å²) in [6.07, 6.45) is 6.01. The summed E-state index contributed by atoms with van der Waals surface area (Å²) >= 11 is 2.02. The molecule has 2 heteroatoms. The summed E-state index contributed by atoms with van der Waals surface area (Å²) in [4.78, 5) is 1.39. The quantitative estimate of drug-likeness (QED) is 0.642. The molecule has 17 heavy (non-hydrogen) atoms. The molecule has 0 aromatic heterocycles. The fourth-order valence-electron chi connectivity index (χ4n) is 3.52. The van der Waals surface area contributed by atoms with Gasteiger partial charge in [-0.1, -0.05) is 6.42 Å². The number of thioether (sulfide) groups is 1. The van der Waals surface area contributed by atoms with E-state index in [-0.39, 0.29) is 0 Å². The maximum absolute atomic E-state index is 5.85. The predicted octanol–water partition coefficient (Wildman–Crippen LogP) is 4.11. The van der Waals surface area contributed by atoms with Gasteiger partial charge in [0.2, 0.25) is 0 Å². The van der Waals surface area contributed by atoms with Crippen LogP contribution in [0.5, 0.6) is 0 Å². The van der Waals surface area contributed by atoms with Gasteiger partial charge in [-0.25, -0.2) is 0 Å². The Bertz CT molecular complexity index is 415. The zero-order valence-corrected chi connectivity index (χ0v) is 11.3. The van der Waals surface area contributed by atoms with Crippen LogP contribution in [-0.2, 0) is 0 Å². The van der Waals surface area contributed by atoms with E-state index in [9.17, 15) is 0 Å². The van der Waals surface area contributed by atoms with Crippen molar-refractivity contribution in [2.75, 3.05) is 11.5 Å². The molecule has 0 radical (unpaired) electrons. The highest BCUT2D eigenvalue weighted by Crippen LogP contribution is 2.49. The first-order valence-corrected chi connectivity index (χ1v) is 7.70. The minimum atomic E-state index is 0.911. The maximum Gasteiger partial charge on any atom is 0.0344 e. The maximum atomic E-state index is 5.85. The molecule has 0 aliphatic heterocycles. The number of rotatable bonds is 3. The predicted molar refractivity (Wildman–Crippen MR) is 75.3 cm³/mol. The van der Waals surface area contributed by atoms with Crippen LogP contribution in [-0.4, -0.2) is 5.75 Å². The molecule has 92 valence electrons. The van der Waals surface area contributed by atoms with E-state index in [0.717, 1.165) is 23.4 Å². The van der Waals surface area contributed by atoms with Crippen LogP contribution in [0.3, 0.4) is 0 Å². The Kier molecular flexibility index (Phi) is 3.08. The van der Waals surface area contributed by atoms with Gasteiger partial charge < -0.3 is 5.73 Å². The van der Waals surface area contributed by atoms with Gasteiger partial charge >= 0.3 is 0 Å². The summed E-state index contributed by atoms with van der Waals surface area (Å²) in [7, 11) is 0. The van der Waals surface area contributed by atoms with E-state index in [1.807, 2.05) is 17.8 Å². The molecule has 3 rings (SSSR count). The van der Waals surface area contributed by atoms with E-state index in [1.165, 1.54) is 41.9 Å². The molecule has 3 unspecified atom stereocenters. The third-order valence-corrected chi connectivity index (χ3v) is 5.77. The highest BCUT2D eigenvalue weighted by Gasteiger charge is 2.39. The van der Waals surface area contributed by atoms with E-state index in [4.69, 9.17) is 5.73 Å². The van der Waals surface area contributed by atoms with Crippen molar-refractivity contribution in [1.82, 2.24) is 0 Å². The van der Waals surface area contributed by atoms with Crippen LogP contribution in [0.1, 0.15) is 31.2 Å². The monoisotopic (exact) mass is 247 g/mol. The first-order chi connectivity index (χ1) is 8.22. The molecule has 0 spiro atoms. The minimum absolute atomic E-state index is 0.911. The lowest BCUT2D eigenvalue weighted by Gasteiger charge is -2.21. The minimum Gasteiger partial charge on any atom is -0.399 e. The van der Waals surface area contributed by atoms with Gasteiger partial charge in [-0.3, -0.25) is 0 Å². The van der Waals surface area contributed by atoms with Crippen molar-refractivity contribution in [3.05, 3.63) is 23.8 Å². The van der Waals surface area contributed by atoms with Crippen molar-refractivity contribution >= 4 is 17.4 Å². The number of fused-ring (bicyclic) bond motifs is 2. The molecular formula is C15H21NS. The molecule has 1 aromatic rings. The zero-order chi connectivity index (χ0) is 11.8. The number of nitrogen functional groups attached to an aromatic ring is 1. The number of anilines is 1. The third kappa shape index (κ3) is 2.33. The second kappa shape index (κ2) is 4.56. The number of nitrogens with two attached hydrogens (primary N) is 1. The van der Waals surface area contributed by atoms with Crippen molar-refractivity contribution < 1.29 is 0 Å². The largest absolute Gasteiger partial charge is 0.399 e. The molecular weight excluding hydrogens is 226 g/mol. The Balaban J connectivity index is 1.59. The molecule has 3 atom stereocenters. The molecule has 0 amide bonds. The normalized spacial score (nSPS) is 31.0. The van der Waals surface area contributed by atoms with Crippen LogP contribution in [0.25, 0.3) is 0 Å². The van der Waals surface area contributed by atoms with Gasteiger partial charge in [0.15, 0.2) is 0 Å². The van der Waals surface area contributed by atoms with Gasteiger partial charge in [-0.15, -0.1) is 11.8 Å². The molecule has 0 saturated heterocycles. The molecule has 2 N–H and O–H groups in total. The molecule has 1 nitrogen and oxygen atoms in total. The average molecular weight is 247 g/mol. The summed E-state index contributed by atoms with van der Waals surface area (Å²) in [5.74, 6) is 4.41. The Morgan fingerprint density at radius 1 is 1.29 bits per heavy atom. The van der Waals surface area contributed by atoms with Crippen LogP contribution in [0.2, 0.25) is 0 Å². The Hall–Kier alpha value is -0.630. The molecule has 2 aliphatic rings. The van der Waals surface area contributed by atoms with E-state index in [0.29, 0.717) is 0 Å². The zero-order valence-electron chi connectivity index (χ0n) is 10.5. The van der Waals surface area contributed by atoms with Crippen LogP contribution >= 0.6 is 11.8 Å². The van der Waals surface area contributed by atoms with Gasteiger partial charge in [-0.2, -0.15) is 0 Å². The lowest BCUT2D eigenvalue weighted by atomic mass is 9.90. The van der Waals surface area contributed by atoms with Crippen LogP contribution in [0.15, 0.2) is 23.1 Å². The van der Waals surface area contributed by atoms with Crippen molar-refractivity contribution in [2.24, 2.45) is 17.8 Å². The van der Waals surface area contributed by atoms with Crippen LogP contribution < -0.4 is 5.73 Å². The van der Waals surface area contributed by atoms with Crippen molar-refractivity contribution in [2.45, 2.75) is 37.5 Å². The average Bonchev–Trinajstić information content (AvgIpc) is 2.92. The standard InChI is InChI=1S/C15H21NS/c1-10-6-14(4-5-15(10)16)17-9-13-8-11-2-3-12(13)7-11/h4-6,11-13H,2-3,7-9,16H2,1H3. The number of hydrogen-bond acceptors (Lipinski definition) is 2. The summed E-state index contributed by atoms with van der Waals surface area (Å²) in [5.41, 5.74) is 7.97. The highest BCUT2D eigenvalue weighted by molar-refractivity contribution is 7.99. The van der Waals surface area contributed by atoms with E-state index in [2.05, 4.69) is 19.1 Å². The Labute approximate surface area is 108 Å². The molecule has 1 aromatic carbocycles. The van der Waals surface area contributed by atoms with Crippen molar-refractivity contribution in [3.63, 3.8) is 0 Å². The Morgan fingerprint density at radius 2 is 2.18 bits per heavy atom. The fourth-order valence-corrected chi connectivity index (χ4v) is 4.76. The van der Waals surface area contributed by atoms with Gasteiger partial charge in [0.25, 0.3) is 0 Å². The summed E-state index contributed by atoms with van der Waals surface area (Å²) < 4.78 is 0. The molecule has 2 bridgehead atoms. The first-order valence-electron chi connectivity index (χ1n) is 6.71. The van der Waals surface area contributed by atoms with Crippen LogP contribution in [0, 0.1) is 24.7 Å². The lowest BCUT2D eigenvalue weighted by molar-refractivity contribution is 0.365. The molecule has 2 saturated carbocycles. The van der Waals surface area contributed by atoms with Gasteiger partial charge in [0.1, 0.15) is 0 Å². The second-order valence-corrected chi connectivity index (χ2v) is 6.86. The highest BCUT2D eigenvalue weighted by atomic mass is 32.2. The first kappa shape index (κ1) is 11.5. The van der Waals surface area contributed by atoms with Crippen molar-refractivity contribution in [1.29, 1.82) is 0 Å². The number of hydrogen-bond donors (Lipinski definition) is 1. The van der Waals surface area contributed by atoms with E-state index in [1.54, 1.807) is 0 Å². The SMILES string of the molecule is Cc1cc(SCC2CC3CCC2C3)ccc1N.